The number of benzene rings is 2. The first kappa shape index (κ1) is 19.0. The first-order valence-electron chi connectivity index (χ1n) is 8.03. The van der Waals surface area contributed by atoms with Gasteiger partial charge in [-0.25, -0.2) is 10.2 Å². The van der Waals surface area contributed by atoms with Crippen molar-refractivity contribution in [3.63, 3.8) is 0 Å². The number of anilines is 1. The van der Waals surface area contributed by atoms with Crippen molar-refractivity contribution >= 4 is 23.8 Å². The van der Waals surface area contributed by atoms with Gasteiger partial charge in [-0.05, 0) is 37.1 Å². The number of hydrogen-bond acceptors (Lipinski definition) is 5. The standard InChI is InChI=1S/C19H21N3O4/c1-13-6-5-7-14(2)19(13)20-11-17(23)22-21-10-15-8-3-4-9-16(15)26-12-18(24)25/h3-10,20H,11-12H2,1-2H3,(H,22,23)(H,24,25)/b21-10-. The van der Waals surface area contributed by atoms with E-state index in [1.165, 1.54) is 6.21 Å². The number of nitrogens with zero attached hydrogens (tertiary/aromatic N) is 1. The van der Waals surface area contributed by atoms with Gasteiger partial charge in [-0.2, -0.15) is 5.10 Å². The Morgan fingerprint density at radius 3 is 2.50 bits per heavy atom. The van der Waals surface area contributed by atoms with Crippen LogP contribution >= 0.6 is 0 Å². The van der Waals surface area contributed by atoms with Gasteiger partial charge in [-0.1, -0.05) is 30.3 Å². The zero-order valence-electron chi connectivity index (χ0n) is 14.7. The third kappa shape index (κ3) is 5.62. The fraction of sp³-hybridized carbons (Fsp3) is 0.211. The molecule has 1 amide bonds. The Morgan fingerprint density at radius 2 is 1.81 bits per heavy atom. The molecular formula is C19H21N3O4. The molecular weight excluding hydrogens is 334 g/mol. The summed E-state index contributed by atoms with van der Waals surface area (Å²) in [5.41, 5.74) is 6.05. The van der Waals surface area contributed by atoms with Crippen LogP contribution in [0.15, 0.2) is 47.6 Å². The van der Waals surface area contributed by atoms with Crippen LogP contribution in [0.2, 0.25) is 0 Å². The molecule has 0 unspecified atom stereocenters. The summed E-state index contributed by atoms with van der Waals surface area (Å²) in [6.07, 6.45) is 1.41. The molecule has 0 atom stereocenters. The first-order valence-corrected chi connectivity index (χ1v) is 8.03. The lowest BCUT2D eigenvalue weighted by atomic mass is 10.1. The second kappa shape index (κ2) is 9.22. The van der Waals surface area contributed by atoms with Crippen molar-refractivity contribution in [2.24, 2.45) is 5.10 Å². The number of carboxylic acids is 1. The predicted octanol–water partition coefficient (Wildman–Crippen LogP) is 2.33. The van der Waals surface area contributed by atoms with E-state index in [9.17, 15) is 9.59 Å². The van der Waals surface area contributed by atoms with Crippen molar-refractivity contribution in [3.05, 3.63) is 59.2 Å². The molecule has 0 spiro atoms. The number of hydrogen-bond donors (Lipinski definition) is 3. The van der Waals surface area contributed by atoms with E-state index >= 15 is 0 Å². The summed E-state index contributed by atoms with van der Waals surface area (Å²) in [5, 5.41) is 15.7. The van der Waals surface area contributed by atoms with Gasteiger partial charge in [-0.15, -0.1) is 0 Å². The number of carbonyl (C=O) groups is 2. The summed E-state index contributed by atoms with van der Waals surface area (Å²) in [5.74, 6) is -0.989. The van der Waals surface area contributed by atoms with Gasteiger partial charge in [0.05, 0.1) is 12.8 Å². The Bertz CT molecular complexity index is 798. The van der Waals surface area contributed by atoms with E-state index in [1.54, 1.807) is 24.3 Å². The number of para-hydroxylation sites is 2. The molecule has 26 heavy (non-hydrogen) atoms. The molecule has 0 fully saturated rings. The summed E-state index contributed by atoms with van der Waals surface area (Å²) in [7, 11) is 0. The largest absolute Gasteiger partial charge is 0.481 e. The minimum Gasteiger partial charge on any atom is -0.481 e. The number of nitrogens with one attached hydrogen (secondary N) is 2. The van der Waals surface area contributed by atoms with E-state index in [1.807, 2.05) is 32.0 Å². The molecule has 136 valence electrons. The van der Waals surface area contributed by atoms with Crippen molar-refractivity contribution in [2.75, 3.05) is 18.5 Å². The zero-order chi connectivity index (χ0) is 18.9. The van der Waals surface area contributed by atoms with Gasteiger partial charge >= 0.3 is 5.97 Å². The quantitative estimate of drug-likeness (QED) is 0.498. The average molecular weight is 355 g/mol. The summed E-state index contributed by atoms with van der Waals surface area (Å²) in [6.45, 7) is 3.58. The minimum atomic E-state index is -1.07. The van der Waals surface area contributed by atoms with Gasteiger partial charge in [0.15, 0.2) is 6.61 Å². The molecule has 0 saturated carbocycles. The van der Waals surface area contributed by atoms with E-state index in [0.29, 0.717) is 11.3 Å². The monoisotopic (exact) mass is 355 g/mol. The molecule has 2 aromatic carbocycles. The molecule has 7 nitrogen and oxygen atoms in total. The minimum absolute atomic E-state index is 0.0835. The number of aliphatic carboxylic acids is 1. The predicted molar refractivity (Wildman–Crippen MR) is 99.7 cm³/mol. The normalized spacial score (nSPS) is 10.5. The lowest BCUT2D eigenvalue weighted by molar-refractivity contribution is -0.139. The lowest BCUT2D eigenvalue weighted by Crippen LogP contribution is -2.26. The highest BCUT2D eigenvalue weighted by Gasteiger charge is 2.06. The molecule has 2 rings (SSSR count). The summed E-state index contributed by atoms with van der Waals surface area (Å²) in [4.78, 5) is 22.5. The molecule has 0 aliphatic carbocycles. The van der Waals surface area contributed by atoms with Crippen molar-refractivity contribution in [1.29, 1.82) is 0 Å². The smallest absolute Gasteiger partial charge is 0.341 e. The fourth-order valence-corrected chi connectivity index (χ4v) is 2.33. The van der Waals surface area contributed by atoms with Crippen LogP contribution in [-0.4, -0.2) is 36.3 Å². The van der Waals surface area contributed by atoms with Gasteiger partial charge in [0.1, 0.15) is 5.75 Å². The highest BCUT2D eigenvalue weighted by molar-refractivity contribution is 5.86. The first-order chi connectivity index (χ1) is 12.5. The van der Waals surface area contributed by atoms with Gasteiger partial charge in [0.25, 0.3) is 5.91 Å². The lowest BCUT2D eigenvalue weighted by Gasteiger charge is -2.11. The van der Waals surface area contributed by atoms with Gasteiger partial charge in [0.2, 0.25) is 0 Å². The number of carbonyl (C=O) groups excluding carboxylic acids is 1. The highest BCUT2D eigenvalue weighted by Crippen LogP contribution is 2.19. The van der Waals surface area contributed by atoms with Crippen molar-refractivity contribution in [2.45, 2.75) is 13.8 Å². The average Bonchev–Trinajstić information content (AvgIpc) is 2.60. The Morgan fingerprint density at radius 1 is 1.12 bits per heavy atom. The second-order valence-corrected chi connectivity index (χ2v) is 5.63. The third-order valence-electron chi connectivity index (χ3n) is 3.57. The van der Waals surface area contributed by atoms with Crippen LogP contribution in [0.4, 0.5) is 5.69 Å². The van der Waals surface area contributed by atoms with E-state index in [2.05, 4.69) is 15.8 Å². The van der Waals surface area contributed by atoms with Crippen LogP contribution in [-0.2, 0) is 9.59 Å². The number of amides is 1. The molecule has 3 N–H and O–H groups in total. The highest BCUT2D eigenvalue weighted by atomic mass is 16.5. The molecule has 2 aromatic rings. The van der Waals surface area contributed by atoms with E-state index in [4.69, 9.17) is 9.84 Å². The SMILES string of the molecule is Cc1cccc(C)c1NCC(=O)N/N=C\c1ccccc1OCC(=O)O. The Kier molecular flexibility index (Phi) is 6.73. The fourth-order valence-electron chi connectivity index (χ4n) is 2.33. The van der Waals surface area contributed by atoms with Gasteiger partial charge < -0.3 is 15.2 Å². The van der Waals surface area contributed by atoms with Crippen LogP contribution in [0.25, 0.3) is 0 Å². The number of rotatable bonds is 8. The summed E-state index contributed by atoms with van der Waals surface area (Å²) < 4.78 is 5.17. The van der Waals surface area contributed by atoms with Crippen LogP contribution < -0.4 is 15.5 Å². The Labute approximate surface area is 151 Å². The van der Waals surface area contributed by atoms with E-state index in [0.717, 1.165) is 16.8 Å². The molecule has 0 saturated heterocycles. The van der Waals surface area contributed by atoms with E-state index < -0.39 is 12.6 Å². The molecule has 0 aliphatic rings. The molecule has 0 heterocycles. The number of ether oxygens (including phenoxy) is 1. The van der Waals surface area contributed by atoms with Crippen molar-refractivity contribution < 1.29 is 19.4 Å². The van der Waals surface area contributed by atoms with Gasteiger partial charge in [0, 0.05) is 11.3 Å². The maximum Gasteiger partial charge on any atom is 0.341 e. The maximum atomic E-state index is 11.9. The maximum absolute atomic E-state index is 11.9. The van der Waals surface area contributed by atoms with Crippen LogP contribution in [0.1, 0.15) is 16.7 Å². The van der Waals surface area contributed by atoms with Crippen molar-refractivity contribution in [1.82, 2.24) is 5.43 Å². The third-order valence-corrected chi connectivity index (χ3v) is 3.57. The second-order valence-electron chi connectivity index (χ2n) is 5.63. The van der Waals surface area contributed by atoms with Crippen LogP contribution in [0.5, 0.6) is 5.75 Å². The molecule has 0 aliphatic heterocycles. The van der Waals surface area contributed by atoms with E-state index in [-0.39, 0.29) is 12.5 Å². The number of carboxylic acid groups (broad SMARTS) is 1. The van der Waals surface area contributed by atoms with Crippen molar-refractivity contribution in [3.8, 4) is 5.75 Å². The topological polar surface area (TPSA) is 100 Å². The molecule has 0 aromatic heterocycles. The van der Waals surface area contributed by atoms with Crippen LogP contribution in [0.3, 0.4) is 0 Å². The summed E-state index contributed by atoms with van der Waals surface area (Å²) >= 11 is 0. The Balaban J connectivity index is 1.90. The molecule has 0 bridgehead atoms. The Hall–Kier alpha value is -3.35. The van der Waals surface area contributed by atoms with Gasteiger partial charge in [-0.3, -0.25) is 4.79 Å². The van der Waals surface area contributed by atoms with Crippen LogP contribution in [0, 0.1) is 13.8 Å². The number of hydrazone groups is 1. The zero-order valence-corrected chi connectivity index (χ0v) is 14.7. The number of aryl methyl sites for hydroxylation is 2. The molecule has 0 radical (unpaired) electrons. The molecule has 7 heteroatoms. The summed E-state index contributed by atoms with van der Waals surface area (Å²) in [6, 6.07) is 12.7.